The van der Waals surface area contributed by atoms with Crippen LogP contribution in [0.25, 0.3) is 0 Å². The monoisotopic (exact) mass is 352 g/mol. The number of hydrogen-bond acceptors (Lipinski definition) is 4. The molecule has 2 N–H and O–H groups in total. The second-order valence-electron chi connectivity index (χ2n) is 6.33. The van der Waals surface area contributed by atoms with Crippen LogP contribution in [-0.2, 0) is 14.3 Å². The van der Waals surface area contributed by atoms with Gasteiger partial charge in [0.25, 0.3) is 0 Å². The molecule has 1 aliphatic rings. The van der Waals surface area contributed by atoms with Crippen molar-refractivity contribution in [1.29, 1.82) is 0 Å². The van der Waals surface area contributed by atoms with Crippen LogP contribution in [0.1, 0.15) is 37.0 Å². The van der Waals surface area contributed by atoms with Gasteiger partial charge < -0.3 is 15.4 Å². The minimum atomic E-state index is -1.04. The highest BCUT2D eigenvalue weighted by molar-refractivity contribution is 6.34. The fourth-order valence-corrected chi connectivity index (χ4v) is 2.42. The van der Waals surface area contributed by atoms with Gasteiger partial charge in [0, 0.05) is 6.54 Å². The van der Waals surface area contributed by atoms with E-state index >= 15 is 0 Å². The molecule has 1 aliphatic carbocycles. The van der Waals surface area contributed by atoms with Crippen molar-refractivity contribution in [2.45, 2.75) is 26.7 Å². The van der Waals surface area contributed by atoms with Crippen molar-refractivity contribution in [3.8, 4) is 0 Å². The molecule has 130 valence electrons. The van der Waals surface area contributed by atoms with E-state index in [2.05, 4.69) is 15.4 Å². The van der Waals surface area contributed by atoms with Crippen LogP contribution in [-0.4, -0.2) is 31.4 Å². The molecule has 0 unspecified atom stereocenters. The molecular weight excluding hydrogens is 332 g/mol. The van der Waals surface area contributed by atoms with Gasteiger partial charge in [0.15, 0.2) is 0 Å². The first-order valence-electron chi connectivity index (χ1n) is 7.78. The molecule has 24 heavy (non-hydrogen) atoms. The van der Waals surface area contributed by atoms with Gasteiger partial charge in [0.05, 0.1) is 23.4 Å². The van der Waals surface area contributed by atoms with E-state index in [1.165, 1.54) is 25.3 Å². The number of esters is 1. The zero-order valence-corrected chi connectivity index (χ0v) is 14.7. The molecular formula is C17H21ClN2O4. The normalized spacial score (nSPS) is 14.9. The van der Waals surface area contributed by atoms with Gasteiger partial charge in [-0.25, -0.2) is 4.79 Å². The minimum absolute atomic E-state index is 0.269. The molecule has 0 atom stereocenters. The minimum Gasteiger partial charge on any atom is -0.465 e. The van der Waals surface area contributed by atoms with Crippen molar-refractivity contribution in [3.63, 3.8) is 0 Å². The molecule has 6 nitrogen and oxygen atoms in total. The largest absolute Gasteiger partial charge is 0.465 e. The average Bonchev–Trinajstić information content (AvgIpc) is 3.35. The number of halogens is 1. The summed E-state index contributed by atoms with van der Waals surface area (Å²) in [6, 6.07) is 4.45. The summed E-state index contributed by atoms with van der Waals surface area (Å²) in [6.45, 7) is 4.49. The highest BCUT2D eigenvalue weighted by Crippen LogP contribution is 2.47. The highest BCUT2D eigenvalue weighted by atomic mass is 35.5. The summed E-state index contributed by atoms with van der Waals surface area (Å²) in [5, 5.41) is 5.75. The summed E-state index contributed by atoms with van der Waals surface area (Å²) in [6.07, 6.45) is 0.994. The Kier molecular flexibility index (Phi) is 5.49. The van der Waals surface area contributed by atoms with Gasteiger partial charge in [-0.2, -0.15) is 0 Å². The number of benzene rings is 1. The number of methoxy groups -OCH3 is 1. The maximum Gasteiger partial charge on any atom is 0.337 e. The van der Waals surface area contributed by atoms with E-state index in [1.807, 2.05) is 13.8 Å². The summed E-state index contributed by atoms with van der Waals surface area (Å²) in [5.74, 6) is -0.904. The zero-order valence-electron chi connectivity index (χ0n) is 13.9. The van der Waals surface area contributed by atoms with Gasteiger partial charge in [0.1, 0.15) is 5.41 Å². The third-order valence-electron chi connectivity index (χ3n) is 3.93. The van der Waals surface area contributed by atoms with Crippen LogP contribution < -0.4 is 10.6 Å². The Labute approximate surface area is 145 Å². The maximum absolute atomic E-state index is 12.5. The lowest BCUT2D eigenvalue weighted by molar-refractivity contribution is -0.134. The van der Waals surface area contributed by atoms with Gasteiger partial charge in [-0.3, -0.25) is 9.59 Å². The predicted molar refractivity (Wildman–Crippen MR) is 90.9 cm³/mol. The molecule has 0 bridgehead atoms. The first kappa shape index (κ1) is 18.3. The number of amides is 2. The van der Waals surface area contributed by atoms with E-state index < -0.39 is 17.3 Å². The fourth-order valence-electron chi connectivity index (χ4n) is 2.26. The lowest BCUT2D eigenvalue weighted by Crippen LogP contribution is -2.41. The summed E-state index contributed by atoms with van der Waals surface area (Å²) >= 11 is 6.07. The molecule has 1 aromatic carbocycles. The van der Waals surface area contributed by atoms with Crippen LogP contribution in [0, 0.1) is 11.3 Å². The van der Waals surface area contributed by atoms with Crippen LogP contribution in [0.4, 0.5) is 5.69 Å². The number of rotatable bonds is 6. The van der Waals surface area contributed by atoms with E-state index in [-0.39, 0.29) is 22.2 Å². The Balaban J connectivity index is 2.12. The number of carbonyl (C=O) groups is 3. The van der Waals surface area contributed by atoms with Crippen LogP contribution in [0.5, 0.6) is 0 Å². The molecule has 0 aliphatic heterocycles. The van der Waals surface area contributed by atoms with Gasteiger partial charge in [0.2, 0.25) is 11.8 Å². The first-order chi connectivity index (χ1) is 11.3. The Hall–Kier alpha value is -2.08. The molecule has 0 spiro atoms. The Morgan fingerprint density at radius 3 is 2.46 bits per heavy atom. The Morgan fingerprint density at radius 1 is 1.25 bits per heavy atom. The van der Waals surface area contributed by atoms with Crippen molar-refractivity contribution in [1.82, 2.24) is 5.32 Å². The quantitative estimate of drug-likeness (QED) is 0.609. The van der Waals surface area contributed by atoms with Crippen molar-refractivity contribution in [2.24, 2.45) is 11.3 Å². The van der Waals surface area contributed by atoms with Crippen molar-refractivity contribution < 1.29 is 19.1 Å². The molecule has 2 rings (SSSR count). The zero-order chi connectivity index (χ0) is 17.9. The van der Waals surface area contributed by atoms with Gasteiger partial charge >= 0.3 is 5.97 Å². The first-order valence-corrected chi connectivity index (χ1v) is 8.15. The topological polar surface area (TPSA) is 84.5 Å². The van der Waals surface area contributed by atoms with Crippen molar-refractivity contribution in [3.05, 3.63) is 28.8 Å². The van der Waals surface area contributed by atoms with Gasteiger partial charge in [-0.05, 0) is 37.0 Å². The van der Waals surface area contributed by atoms with Gasteiger partial charge in [-0.1, -0.05) is 25.4 Å². The van der Waals surface area contributed by atoms with E-state index in [4.69, 9.17) is 11.6 Å². The molecule has 2 amide bonds. The third kappa shape index (κ3) is 3.87. The third-order valence-corrected chi connectivity index (χ3v) is 4.26. The molecule has 1 fully saturated rings. The van der Waals surface area contributed by atoms with Crippen LogP contribution >= 0.6 is 11.6 Å². The second kappa shape index (κ2) is 7.21. The predicted octanol–water partition coefficient (Wildman–Crippen LogP) is 2.62. The highest BCUT2D eigenvalue weighted by Gasteiger charge is 2.56. The number of nitrogens with one attached hydrogen (secondary N) is 2. The molecule has 1 aromatic rings. The molecule has 1 saturated carbocycles. The van der Waals surface area contributed by atoms with Crippen molar-refractivity contribution >= 4 is 35.1 Å². The molecule has 0 aromatic heterocycles. The standard InChI is InChI=1S/C17H21ClN2O4/c1-10(2)9-19-15(22)17(6-7-17)16(23)20-13-8-11(14(21)24-3)4-5-12(13)18/h4-5,8,10H,6-7,9H2,1-3H3,(H,19,22)(H,20,23). The molecule has 0 heterocycles. The summed E-state index contributed by atoms with van der Waals surface area (Å²) in [7, 11) is 1.27. The van der Waals surface area contributed by atoms with E-state index in [9.17, 15) is 14.4 Å². The van der Waals surface area contributed by atoms with Gasteiger partial charge in [-0.15, -0.1) is 0 Å². The smallest absolute Gasteiger partial charge is 0.337 e. The lowest BCUT2D eigenvalue weighted by atomic mass is 10.0. The summed E-state index contributed by atoms with van der Waals surface area (Å²) < 4.78 is 4.65. The maximum atomic E-state index is 12.5. The van der Waals surface area contributed by atoms with Crippen LogP contribution in [0.2, 0.25) is 5.02 Å². The summed E-state index contributed by atoms with van der Waals surface area (Å²) in [4.78, 5) is 36.4. The second-order valence-corrected chi connectivity index (χ2v) is 6.73. The number of ether oxygens (including phenoxy) is 1. The number of anilines is 1. The molecule has 0 radical (unpaired) electrons. The number of hydrogen-bond donors (Lipinski definition) is 2. The molecule has 0 saturated heterocycles. The molecule has 7 heteroatoms. The average molecular weight is 353 g/mol. The SMILES string of the molecule is COC(=O)c1ccc(Cl)c(NC(=O)C2(C(=O)NCC(C)C)CC2)c1. The Morgan fingerprint density at radius 2 is 1.92 bits per heavy atom. The van der Waals surface area contributed by atoms with E-state index in [0.29, 0.717) is 25.3 Å². The van der Waals surface area contributed by atoms with Crippen molar-refractivity contribution in [2.75, 3.05) is 19.0 Å². The van der Waals surface area contributed by atoms with E-state index in [0.717, 1.165) is 0 Å². The lowest BCUT2D eigenvalue weighted by Gasteiger charge is -2.17. The summed E-state index contributed by atoms with van der Waals surface area (Å²) in [5.41, 5.74) is -0.488. The number of carbonyl (C=O) groups excluding carboxylic acids is 3. The van der Waals surface area contributed by atoms with Crippen LogP contribution in [0.15, 0.2) is 18.2 Å². The van der Waals surface area contributed by atoms with E-state index in [1.54, 1.807) is 0 Å². The Bertz CT molecular complexity index is 669. The fraction of sp³-hybridized carbons (Fsp3) is 0.471. The van der Waals surface area contributed by atoms with Crippen LogP contribution in [0.3, 0.4) is 0 Å².